The molecule has 10 heavy (non-hydrogen) atoms. The second kappa shape index (κ2) is 3.35. The lowest BCUT2D eigenvalue weighted by Crippen LogP contribution is -2.31. The van der Waals surface area contributed by atoms with Crippen LogP contribution in [0.25, 0.3) is 0 Å². The van der Waals surface area contributed by atoms with Gasteiger partial charge in [-0.1, -0.05) is 6.92 Å². The number of hydrogen-bond donors (Lipinski definition) is 0. The Morgan fingerprint density at radius 2 is 2.00 bits per heavy atom. The van der Waals surface area contributed by atoms with Crippen molar-refractivity contribution in [1.82, 2.24) is 0 Å². The topological polar surface area (TPSA) is 18.5 Å². The van der Waals surface area contributed by atoms with Gasteiger partial charge in [-0.25, -0.2) is 0 Å². The Labute approximate surface area is 62.5 Å². The van der Waals surface area contributed by atoms with Gasteiger partial charge in [-0.15, -0.1) is 0 Å². The minimum absolute atomic E-state index is 0.0405. The molecule has 1 aliphatic heterocycles. The first-order valence-electron chi connectivity index (χ1n) is 3.90. The molecule has 0 N–H and O–H groups in total. The number of rotatable bonds is 1. The van der Waals surface area contributed by atoms with E-state index in [4.69, 9.17) is 9.47 Å². The second-order valence-electron chi connectivity index (χ2n) is 3.19. The fraction of sp³-hybridized carbons (Fsp3) is 1.00. The van der Waals surface area contributed by atoms with E-state index >= 15 is 0 Å². The van der Waals surface area contributed by atoms with Gasteiger partial charge in [-0.3, -0.25) is 0 Å². The molecule has 1 saturated heterocycles. The van der Waals surface area contributed by atoms with Crippen molar-refractivity contribution in [3.05, 3.63) is 0 Å². The monoisotopic (exact) mass is 144 g/mol. The summed E-state index contributed by atoms with van der Waals surface area (Å²) in [7, 11) is 1.70. The maximum absolute atomic E-state index is 5.48. The molecule has 1 unspecified atom stereocenters. The summed E-state index contributed by atoms with van der Waals surface area (Å²) in [6.45, 7) is 4.34. The van der Waals surface area contributed by atoms with E-state index in [1.54, 1.807) is 7.11 Å². The summed E-state index contributed by atoms with van der Waals surface area (Å²) in [5.74, 6) is 0.744. The molecular weight excluding hydrogens is 128 g/mol. The highest BCUT2D eigenvalue weighted by Gasteiger charge is 2.23. The summed E-state index contributed by atoms with van der Waals surface area (Å²) in [5.41, 5.74) is 0. The summed E-state index contributed by atoms with van der Waals surface area (Å²) in [5, 5.41) is 0. The van der Waals surface area contributed by atoms with Crippen molar-refractivity contribution >= 4 is 0 Å². The fourth-order valence-electron chi connectivity index (χ4n) is 1.51. The van der Waals surface area contributed by atoms with Crippen molar-refractivity contribution in [1.29, 1.82) is 0 Å². The molecule has 0 spiro atoms. The van der Waals surface area contributed by atoms with E-state index in [-0.39, 0.29) is 6.29 Å². The molecule has 0 aromatic heterocycles. The predicted octanol–water partition coefficient (Wildman–Crippen LogP) is 1.79. The third kappa shape index (κ3) is 1.96. The maximum Gasteiger partial charge on any atom is 0.157 e. The van der Waals surface area contributed by atoms with Crippen LogP contribution in [0, 0.1) is 5.92 Å². The highest BCUT2D eigenvalue weighted by Crippen LogP contribution is 2.24. The van der Waals surface area contributed by atoms with Crippen LogP contribution in [-0.2, 0) is 9.47 Å². The van der Waals surface area contributed by atoms with E-state index in [0.29, 0.717) is 6.10 Å². The van der Waals surface area contributed by atoms with Gasteiger partial charge in [0.15, 0.2) is 6.29 Å². The third-order valence-corrected chi connectivity index (χ3v) is 1.98. The van der Waals surface area contributed by atoms with Crippen LogP contribution < -0.4 is 0 Å². The van der Waals surface area contributed by atoms with E-state index < -0.39 is 0 Å². The van der Waals surface area contributed by atoms with Gasteiger partial charge in [0.2, 0.25) is 0 Å². The molecule has 60 valence electrons. The Bertz CT molecular complexity index is 93.4. The summed E-state index contributed by atoms with van der Waals surface area (Å²) >= 11 is 0. The first-order chi connectivity index (χ1) is 4.72. The summed E-state index contributed by atoms with van der Waals surface area (Å²) in [6, 6.07) is 0. The maximum atomic E-state index is 5.48. The average molecular weight is 144 g/mol. The van der Waals surface area contributed by atoms with Crippen LogP contribution in [-0.4, -0.2) is 19.5 Å². The smallest absolute Gasteiger partial charge is 0.157 e. The number of ether oxygens (including phenoxy) is 2. The molecule has 2 heteroatoms. The van der Waals surface area contributed by atoms with E-state index in [1.807, 2.05) is 0 Å². The zero-order valence-electron chi connectivity index (χ0n) is 6.96. The quantitative estimate of drug-likeness (QED) is 0.558. The molecule has 1 aliphatic rings. The Morgan fingerprint density at radius 1 is 1.30 bits per heavy atom. The van der Waals surface area contributed by atoms with E-state index in [0.717, 1.165) is 12.3 Å². The van der Waals surface area contributed by atoms with Crippen LogP contribution in [0.15, 0.2) is 0 Å². The Morgan fingerprint density at radius 3 is 2.50 bits per heavy atom. The molecule has 1 fully saturated rings. The van der Waals surface area contributed by atoms with Crippen LogP contribution in [0.4, 0.5) is 0 Å². The van der Waals surface area contributed by atoms with E-state index in [9.17, 15) is 0 Å². The van der Waals surface area contributed by atoms with Crippen molar-refractivity contribution in [3.63, 3.8) is 0 Å². The summed E-state index contributed by atoms with van der Waals surface area (Å²) in [6.07, 6.45) is 2.62. The predicted molar refractivity (Wildman–Crippen MR) is 39.7 cm³/mol. The Hall–Kier alpha value is -0.0800. The lowest BCUT2D eigenvalue weighted by atomic mass is 9.98. The molecule has 2 nitrogen and oxygen atoms in total. The molecular formula is C8H16O2. The third-order valence-electron chi connectivity index (χ3n) is 1.98. The number of methoxy groups -OCH3 is 1. The van der Waals surface area contributed by atoms with Crippen molar-refractivity contribution in [2.45, 2.75) is 39.1 Å². The zero-order chi connectivity index (χ0) is 7.56. The largest absolute Gasteiger partial charge is 0.356 e. The highest BCUT2D eigenvalue weighted by atomic mass is 16.7. The lowest BCUT2D eigenvalue weighted by molar-refractivity contribution is -0.186. The van der Waals surface area contributed by atoms with E-state index in [2.05, 4.69) is 13.8 Å². The normalized spacial score (nSPS) is 41.7. The van der Waals surface area contributed by atoms with Crippen LogP contribution in [0.3, 0.4) is 0 Å². The standard InChI is InChI=1S/C8H16O2/c1-6-4-7(2)10-8(5-6)9-3/h6-8H,4-5H2,1-3H3/t6-,7?,8+/m0/s1. The molecule has 0 bridgehead atoms. The van der Waals surface area contributed by atoms with Gasteiger partial charge in [-0.2, -0.15) is 0 Å². The molecule has 0 aromatic carbocycles. The summed E-state index contributed by atoms with van der Waals surface area (Å²) in [4.78, 5) is 0. The molecule has 3 atom stereocenters. The molecule has 0 aliphatic carbocycles. The average Bonchev–Trinajstić information content (AvgIpc) is 1.85. The van der Waals surface area contributed by atoms with Crippen molar-refractivity contribution < 1.29 is 9.47 Å². The first-order valence-corrected chi connectivity index (χ1v) is 3.90. The van der Waals surface area contributed by atoms with Crippen molar-refractivity contribution in [2.75, 3.05) is 7.11 Å². The first kappa shape index (κ1) is 8.02. The molecule has 1 heterocycles. The Kier molecular flexibility index (Phi) is 2.69. The fourth-order valence-corrected chi connectivity index (χ4v) is 1.51. The second-order valence-corrected chi connectivity index (χ2v) is 3.19. The molecule has 0 saturated carbocycles. The minimum atomic E-state index is 0.0405. The van der Waals surface area contributed by atoms with Gasteiger partial charge in [0.25, 0.3) is 0 Å². The van der Waals surface area contributed by atoms with Gasteiger partial charge in [-0.05, 0) is 19.3 Å². The molecule has 1 rings (SSSR count). The highest BCUT2D eigenvalue weighted by molar-refractivity contribution is 4.67. The van der Waals surface area contributed by atoms with Crippen LogP contribution >= 0.6 is 0 Å². The van der Waals surface area contributed by atoms with Gasteiger partial charge in [0.1, 0.15) is 0 Å². The van der Waals surface area contributed by atoms with Gasteiger partial charge in [0.05, 0.1) is 6.10 Å². The molecule has 0 aromatic rings. The van der Waals surface area contributed by atoms with Crippen LogP contribution in [0.2, 0.25) is 0 Å². The van der Waals surface area contributed by atoms with Gasteiger partial charge in [0, 0.05) is 13.5 Å². The minimum Gasteiger partial charge on any atom is -0.356 e. The zero-order valence-corrected chi connectivity index (χ0v) is 6.96. The van der Waals surface area contributed by atoms with Gasteiger partial charge < -0.3 is 9.47 Å². The van der Waals surface area contributed by atoms with Crippen molar-refractivity contribution in [3.8, 4) is 0 Å². The summed E-state index contributed by atoms with van der Waals surface area (Å²) < 4.78 is 10.6. The number of hydrogen-bond acceptors (Lipinski definition) is 2. The SMILES string of the molecule is CO[C@H]1C[C@@H](C)CC(C)O1. The van der Waals surface area contributed by atoms with E-state index in [1.165, 1.54) is 6.42 Å². The lowest BCUT2D eigenvalue weighted by Gasteiger charge is -2.30. The van der Waals surface area contributed by atoms with Crippen molar-refractivity contribution in [2.24, 2.45) is 5.92 Å². The Balaban J connectivity index is 2.35. The van der Waals surface area contributed by atoms with Crippen LogP contribution in [0.5, 0.6) is 0 Å². The van der Waals surface area contributed by atoms with Crippen LogP contribution in [0.1, 0.15) is 26.7 Å². The molecule has 0 amide bonds. The molecule has 0 radical (unpaired) electrons. The van der Waals surface area contributed by atoms with Gasteiger partial charge >= 0.3 is 0 Å².